The maximum atomic E-state index is 12.7. The summed E-state index contributed by atoms with van der Waals surface area (Å²) in [5.41, 5.74) is 3.38. The average Bonchev–Trinajstić information content (AvgIpc) is 3.09. The van der Waals surface area contributed by atoms with E-state index in [2.05, 4.69) is 31.2 Å². The van der Waals surface area contributed by atoms with Crippen LogP contribution in [0.4, 0.5) is 5.95 Å². The van der Waals surface area contributed by atoms with E-state index in [1.54, 1.807) is 0 Å². The molecular weight excluding hydrogens is 344 g/mol. The predicted octanol–water partition coefficient (Wildman–Crippen LogP) is 3.35. The SMILES string of the molecule is Cc1cc(C)nc(N2CCC(CC(=O)N3CCc4sccc4C3)CC2)n1. The van der Waals surface area contributed by atoms with Crippen LogP contribution in [-0.4, -0.2) is 40.4 Å². The number of hydrogen-bond acceptors (Lipinski definition) is 5. The lowest BCUT2D eigenvalue weighted by atomic mass is 9.92. The molecule has 4 rings (SSSR count). The van der Waals surface area contributed by atoms with Crippen molar-refractivity contribution in [3.63, 3.8) is 0 Å². The maximum Gasteiger partial charge on any atom is 0.225 e. The molecule has 0 bridgehead atoms. The Hall–Kier alpha value is -1.95. The third-order valence-electron chi connectivity index (χ3n) is 5.49. The molecule has 0 N–H and O–H groups in total. The second kappa shape index (κ2) is 7.35. The number of rotatable bonds is 3. The third-order valence-corrected chi connectivity index (χ3v) is 6.51. The smallest absolute Gasteiger partial charge is 0.225 e. The van der Waals surface area contributed by atoms with Crippen molar-refractivity contribution >= 4 is 23.2 Å². The van der Waals surface area contributed by atoms with Gasteiger partial charge >= 0.3 is 0 Å². The zero-order valence-electron chi connectivity index (χ0n) is 15.6. The second-order valence-electron chi connectivity index (χ2n) is 7.52. The highest BCUT2D eigenvalue weighted by atomic mass is 32.1. The number of nitrogens with zero attached hydrogens (tertiary/aromatic N) is 4. The van der Waals surface area contributed by atoms with Crippen molar-refractivity contribution in [1.82, 2.24) is 14.9 Å². The van der Waals surface area contributed by atoms with Crippen molar-refractivity contribution < 1.29 is 4.79 Å². The Morgan fingerprint density at radius 3 is 2.65 bits per heavy atom. The summed E-state index contributed by atoms with van der Waals surface area (Å²) in [4.78, 5) is 27.6. The van der Waals surface area contributed by atoms with E-state index < -0.39 is 0 Å². The minimum atomic E-state index is 0.322. The lowest BCUT2D eigenvalue weighted by molar-refractivity contribution is -0.133. The van der Waals surface area contributed by atoms with E-state index in [1.807, 2.05) is 31.3 Å². The number of aryl methyl sites for hydroxylation is 2. The molecule has 138 valence electrons. The van der Waals surface area contributed by atoms with Crippen LogP contribution in [0.2, 0.25) is 0 Å². The molecule has 0 atom stereocenters. The number of aromatic nitrogens is 2. The molecule has 0 radical (unpaired) electrons. The standard InChI is InChI=1S/C20H26N4OS/c1-14-11-15(2)22-20(21-14)23-7-3-16(4-8-23)12-19(25)24-9-5-18-17(13-24)6-10-26-18/h6,10-11,16H,3-5,7-9,12-13H2,1-2H3. The van der Waals surface area contributed by atoms with Crippen LogP contribution in [0, 0.1) is 19.8 Å². The van der Waals surface area contributed by atoms with Gasteiger partial charge in [0, 0.05) is 48.9 Å². The normalized spacial score (nSPS) is 18.1. The van der Waals surface area contributed by atoms with Gasteiger partial charge in [-0.15, -0.1) is 11.3 Å². The fourth-order valence-corrected chi connectivity index (χ4v) is 4.91. The number of fused-ring (bicyclic) bond motifs is 1. The highest BCUT2D eigenvalue weighted by Gasteiger charge is 2.27. The fraction of sp³-hybridized carbons (Fsp3) is 0.550. The minimum Gasteiger partial charge on any atom is -0.341 e. The lowest BCUT2D eigenvalue weighted by Gasteiger charge is -2.34. The maximum absolute atomic E-state index is 12.7. The van der Waals surface area contributed by atoms with E-state index in [9.17, 15) is 4.79 Å². The Morgan fingerprint density at radius 1 is 1.19 bits per heavy atom. The van der Waals surface area contributed by atoms with Crippen LogP contribution < -0.4 is 4.90 Å². The molecule has 2 aromatic rings. The number of carbonyl (C=O) groups is 1. The van der Waals surface area contributed by atoms with Crippen LogP contribution in [-0.2, 0) is 17.8 Å². The van der Waals surface area contributed by atoms with Gasteiger partial charge < -0.3 is 9.80 Å². The Balaban J connectivity index is 1.30. The molecular formula is C20H26N4OS. The molecule has 0 aromatic carbocycles. The summed E-state index contributed by atoms with van der Waals surface area (Å²) in [7, 11) is 0. The molecule has 2 aromatic heterocycles. The van der Waals surface area contributed by atoms with E-state index in [-0.39, 0.29) is 0 Å². The van der Waals surface area contributed by atoms with E-state index in [4.69, 9.17) is 0 Å². The van der Waals surface area contributed by atoms with Gasteiger partial charge in [0.25, 0.3) is 0 Å². The van der Waals surface area contributed by atoms with Crippen molar-refractivity contribution in [2.45, 2.75) is 46.1 Å². The molecule has 2 aliphatic heterocycles. The second-order valence-corrected chi connectivity index (χ2v) is 8.52. The first-order valence-corrected chi connectivity index (χ1v) is 10.4. The van der Waals surface area contributed by atoms with Crippen molar-refractivity contribution in [3.8, 4) is 0 Å². The van der Waals surface area contributed by atoms with Crippen LogP contribution in [0.1, 0.15) is 41.1 Å². The summed E-state index contributed by atoms with van der Waals surface area (Å²) >= 11 is 1.82. The van der Waals surface area contributed by atoms with E-state index >= 15 is 0 Å². The molecule has 2 aliphatic rings. The molecule has 4 heterocycles. The summed E-state index contributed by atoms with van der Waals surface area (Å²) in [6, 6.07) is 4.17. The average molecular weight is 371 g/mol. The zero-order chi connectivity index (χ0) is 18.1. The van der Waals surface area contributed by atoms with Gasteiger partial charge in [-0.2, -0.15) is 0 Å². The van der Waals surface area contributed by atoms with E-state index in [0.717, 1.165) is 62.8 Å². The molecule has 0 aliphatic carbocycles. The monoisotopic (exact) mass is 370 g/mol. The Labute approximate surface area is 159 Å². The van der Waals surface area contributed by atoms with Crippen molar-refractivity contribution in [2.75, 3.05) is 24.5 Å². The Kier molecular flexibility index (Phi) is 4.94. The van der Waals surface area contributed by atoms with Crippen LogP contribution in [0.25, 0.3) is 0 Å². The Morgan fingerprint density at radius 2 is 1.92 bits per heavy atom. The molecule has 1 fully saturated rings. The van der Waals surface area contributed by atoms with Crippen LogP contribution >= 0.6 is 11.3 Å². The van der Waals surface area contributed by atoms with Crippen LogP contribution in [0.3, 0.4) is 0 Å². The molecule has 26 heavy (non-hydrogen) atoms. The van der Waals surface area contributed by atoms with Gasteiger partial charge in [-0.3, -0.25) is 4.79 Å². The largest absolute Gasteiger partial charge is 0.341 e. The predicted molar refractivity (Wildman–Crippen MR) is 105 cm³/mol. The number of carbonyl (C=O) groups excluding carboxylic acids is 1. The van der Waals surface area contributed by atoms with Gasteiger partial charge in [0.15, 0.2) is 0 Å². The fourth-order valence-electron chi connectivity index (χ4n) is 4.02. The summed E-state index contributed by atoms with van der Waals surface area (Å²) < 4.78 is 0. The van der Waals surface area contributed by atoms with Crippen molar-refractivity contribution in [3.05, 3.63) is 39.3 Å². The first-order chi connectivity index (χ1) is 12.6. The van der Waals surface area contributed by atoms with Gasteiger partial charge in [0.1, 0.15) is 0 Å². The Bertz CT molecular complexity index is 775. The molecule has 1 amide bonds. The third kappa shape index (κ3) is 3.75. The van der Waals surface area contributed by atoms with Gasteiger partial charge in [-0.1, -0.05) is 0 Å². The summed E-state index contributed by atoms with van der Waals surface area (Å²) in [5, 5.41) is 2.14. The van der Waals surface area contributed by atoms with Gasteiger partial charge in [0.2, 0.25) is 11.9 Å². The minimum absolute atomic E-state index is 0.322. The van der Waals surface area contributed by atoms with Gasteiger partial charge in [-0.25, -0.2) is 9.97 Å². The number of anilines is 1. The van der Waals surface area contributed by atoms with Gasteiger partial charge in [-0.05, 0) is 62.1 Å². The molecule has 5 nitrogen and oxygen atoms in total. The van der Waals surface area contributed by atoms with E-state index in [0.29, 0.717) is 18.2 Å². The number of thiophene rings is 1. The van der Waals surface area contributed by atoms with Crippen molar-refractivity contribution in [1.29, 1.82) is 0 Å². The summed E-state index contributed by atoms with van der Waals surface area (Å²) in [6.45, 7) is 7.59. The highest BCUT2D eigenvalue weighted by molar-refractivity contribution is 7.10. The zero-order valence-corrected chi connectivity index (χ0v) is 16.4. The number of hydrogen-bond donors (Lipinski definition) is 0. The highest BCUT2D eigenvalue weighted by Crippen LogP contribution is 2.27. The molecule has 0 unspecified atom stereocenters. The summed E-state index contributed by atoms with van der Waals surface area (Å²) in [5.74, 6) is 1.64. The quantitative estimate of drug-likeness (QED) is 0.831. The van der Waals surface area contributed by atoms with Gasteiger partial charge in [0.05, 0.1) is 0 Å². The molecule has 1 saturated heterocycles. The number of piperidine rings is 1. The van der Waals surface area contributed by atoms with Crippen LogP contribution in [0.15, 0.2) is 17.5 Å². The van der Waals surface area contributed by atoms with Crippen molar-refractivity contribution in [2.24, 2.45) is 5.92 Å². The first-order valence-electron chi connectivity index (χ1n) is 9.49. The first kappa shape index (κ1) is 17.5. The summed E-state index contributed by atoms with van der Waals surface area (Å²) in [6.07, 6.45) is 3.78. The van der Waals surface area contributed by atoms with E-state index in [1.165, 1.54) is 10.4 Å². The molecule has 6 heteroatoms. The molecule has 0 saturated carbocycles. The lowest BCUT2D eigenvalue weighted by Crippen LogP contribution is -2.39. The number of amides is 1. The van der Waals surface area contributed by atoms with Crippen LogP contribution in [0.5, 0.6) is 0 Å². The topological polar surface area (TPSA) is 49.3 Å². The molecule has 0 spiro atoms.